The molecular formula is C21H24N4O5. The third-order valence-electron chi connectivity index (χ3n) is 2.99. The molecule has 9 nitrogen and oxygen atoms in total. The number of aromatic nitrogens is 2. The number of nitrogens with one attached hydrogen (secondary N) is 2. The number of nitrogens with zero attached hydrogens (tertiary/aromatic N) is 2. The first-order chi connectivity index (χ1) is 14.0. The van der Waals surface area contributed by atoms with Gasteiger partial charge in [-0.2, -0.15) is 0 Å². The van der Waals surface area contributed by atoms with Gasteiger partial charge in [-0.05, 0) is 18.2 Å². The molecule has 30 heavy (non-hydrogen) atoms. The van der Waals surface area contributed by atoms with E-state index in [1.54, 1.807) is 36.6 Å². The first kappa shape index (κ1) is 26.0. The van der Waals surface area contributed by atoms with Crippen molar-refractivity contribution in [3.05, 3.63) is 77.7 Å². The Kier molecular flexibility index (Phi) is 13.9. The molecule has 3 aliphatic rings. The normalized spacial score (nSPS) is 15.3. The van der Waals surface area contributed by atoms with Crippen LogP contribution in [0.3, 0.4) is 0 Å². The van der Waals surface area contributed by atoms with Crippen LogP contribution in [-0.4, -0.2) is 39.6 Å². The van der Waals surface area contributed by atoms with Gasteiger partial charge in [-0.3, -0.25) is 29.5 Å². The van der Waals surface area contributed by atoms with Crippen molar-refractivity contribution in [3.63, 3.8) is 0 Å². The molecule has 3 heterocycles. The maximum Gasteiger partial charge on any atom is 0.344 e. The Hall–Kier alpha value is -4.01. The van der Waals surface area contributed by atoms with Gasteiger partial charge in [-0.1, -0.05) is 37.8 Å². The number of ketones is 2. The maximum absolute atomic E-state index is 10.3. The van der Waals surface area contributed by atoms with Gasteiger partial charge in [0, 0.05) is 37.9 Å². The van der Waals surface area contributed by atoms with Crippen molar-refractivity contribution < 1.29 is 19.2 Å². The molecule has 2 amide bonds. The fourth-order valence-corrected chi connectivity index (χ4v) is 1.72. The van der Waals surface area contributed by atoms with Crippen LogP contribution in [0, 0.1) is 0 Å². The minimum absolute atomic E-state index is 0. The van der Waals surface area contributed by atoms with Crippen LogP contribution in [0.2, 0.25) is 0 Å². The van der Waals surface area contributed by atoms with E-state index in [0.717, 1.165) is 0 Å². The molecule has 0 atom stereocenters. The number of allylic oxidation sites excluding steroid dienone is 5. The van der Waals surface area contributed by atoms with E-state index in [9.17, 15) is 24.0 Å². The molecule has 1 aromatic heterocycles. The molecule has 2 aliphatic heterocycles. The van der Waals surface area contributed by atoms with E-state index >= 15 is 0 Å². The second kappa shape index (κ2) is 16.0. The summed E-state index contributed by atoms with van der Waals surface area (Å²) in [6.07, 6.45) is 19.1. The monoisotopic (exact) mass is 412 g/mol. The fraction of sp³-hybridized carbons (Fsp3) is 0.190. The van der Waals surface area contributed by atoms with E-state index in [4.69, 9.17) is 0 Å². The SMILES string of the molecule is C.O=C1C=CC=CC1.O=C1C=CCC(=O)N1.O=C1C=NC=CC1.O=c1nccc[nH]1. The van der Waals surface area contributed by atoms with E-state index in [-0.39, 0.29) is 36.5 Å². The Balaban J connectivity index is 0.000000370. The van der Waals surface area contributed by atoms with Crippen LogP contribution in [0.25, 0.3) is 0 Å². The van der Waals surface area contributed by atoms with Crippen LogP contribution in [0.4, 0.5) is 0 Å². The summed E-state index contributed by atoms with van der Waals surface area (Å²) in [5, 5.41) is 2.11. The fourth-order valence-electron chi connectivity index (χ4n) is 1.72. The molecule has 0 fully saturated rings. The van der Waals surface area contributed by atoms with Gasteiger partial charge in [0.25, 0.3) is 0 Å². The second-order valence-electron chi connectivity index (χ2n) is 5.40. The highest BCUT2D eigenvalue weighted by Gasteiger charge is 2.06. The summed E-state index contributed by atoms with van der Waals surface area (Å²) in [7, 11) is 0. The number of hydrogen-bond donors (Lipinski definition) is 2. The minimum Gasteiger partial charge on any atom is -0.313 e. The van der Waals surface area contributed by atoms with Gasteiger partial charge in [0.2, 0.25) is 11.8 Å². The summed E-state index contributed by atoms with van der Waals surface area (Å²) in [4.78, 5) is 60.6. The van der Waals surface area contributed by atoms with Crippen LogP contribution in [-0.2, 0) is 19.2 Å². The topological polar surface area (TPSA) is 138 Å². The van der Waals surface area contributed by atoms with Crippen molar-refractivity contribution in [3.8, 4) is 0 Å². The predicted octanol–water partition coefficient (Wildman–Crippen LogP) is 1.61. The average Bonchev–Trinajstić information content (AvgIpc) is 2.71. The number of H-pyrrole nitrogens is 1. The standard InChI is InChI=1S/C6H6O.C5H5NO2.C5H5NO.C4H4N2O.CH4/c7-6-4-2-1-3-5-6;7-4-2-1-3-5(8)6-4;7-5-2-1-3-6-4-5;7-4-5-2-1-3-6-4;/h1-4H,5H2;1-2H,3H2,(H,6,7,8);1,3-4H,2H2;1-3H,(H,5,6,7);1H4. The van der Waals surface area contributed by atoms with E-state index < -0.39 is 0 Å². The number of imide groups is 1. The molecule has 0 spiro atoms. The molecule has 0 saturated heterocycles. The lowest BCUT2D eigenvalue weighted by atomic mass is 10.2. The Morgan fingerprint density at radius 3 is 1.90 bits per heavy atom. The molecule has 0 bridgehead atoms. The highest BCUT2D eigenvalue weighted by atomic mass is 16.2. The number of hydrogen-bond acceptors (Lipinski definition) is 7. The quantitative estimate of drug-likeness (QED) is 0.621. The number of amides is 2. The zero-order valence-electron chi connectivity index (χ0n) is 15.5. The number of carbonyl (C=O) groups excluding carboxylic acids is 4. The number of aliphatic imine (C=N–C) groups is 1. The van der Waals surface area contributed by atoms with Crippen molar-refractivity contribution in [1.82, 2.24) is 15.3 Å². The maximum atomic E-state index is 10.3. The van der Waals surface area contributed by atoms with Crippen LogP contribution in [0.5, 0.6) is 0 Å². The third-order valence-corrected chi connectivity index (χ3v) is 2.99. The molecular weight excluding hydrogens is 388 g/mol. The summed E-state index contributed by atoms with van der Waals surface area (Å²) >= 11 is 0. The summed E-state index contributed by atoms with van der Waals surface area (Å²) in [6, 6.07) is 1.65. The molecule has 158 valence electrons. The van der Waals surface area contributed by atoms with Crippen LogP contribution in [0.15, 0.2) is 77.0 Å². The lowest BCUT2D eigenvalue weighted by Crippen LogP contribution is -2.30. The molecule has 0 unspecified atom stereocenters. The second-order valence-corrected chi connectivity index (χ2v) is 5.40. The lowest BCUT2D eigenvalue weighted by molar-refractivity contribution is -0.128. The average molecular weight is 412 g/mol. The smallest absolute Gasteiger partial charge is 0.313 e. The van der Waals surface area contributed by atoms with Gasteiger partial charge in [0.05, 0.1) is 6.21 Å². The Bertz CT molecular complexity index is 872. The number of rotatable bonds is 0. The zero-order chi connectivity index (χ0) is 21.3. The summed E-state index contributed by atoms with van der Waals surface area (Å²) in [6.45, 7) is 0. The minimum atomic E-state index is -0.318. The van der Waals surface area contributed by atoms with Gasteiger partial charge >= 0.3 is 5.69 Å². The molecule has 9 heteroatoms. The van der Waals surface area contributed by atoms with Crippen LogP contribution in [0.1, 0.15) is 26.7 Å². The van der Waals surface area contributed by atoms with Crippen molar-refractivity contribution >= 4 is 29.6 Å². The Labute approximate surface area is 174 Å². The number of aromatic amines is 1. The number of carbonyl (C=O) groups is 4. The Morgan fingerprint density at radius 1 is 0.833 bits per heavy atom. The van der Waals surface area contributed by atoms with Crippen molar-refractivity contribution in [2.45, 2.75) is 26.7 Å². The molecule has 1 aliphatic carbocycles. The predicted molar refractivity (Wildman–Crippen MR) is 114 cm³/mol. The number of Topliss-reactive ketones (excluding diaryl/α,β-unsaturated/α-hetero) is 1. The van der Waals surface area contributed by atoms with Gasteiger partial charge in [0.1, 0.15) is 0 Å². The van der Waals surface area contributed by atoms with E-state index in [2.05, 4.69) is 20.3 Å². The van der Waals surface area contributed by atoms with Gasteiger partial charge in [-0.25, -0.2) is 9.78 Å². The highest BCUT2D eigenvalue weighted by Crippen LogP contribution is 1.94. The van der Waals surface area contributed by atoms with Crippen LogP contribution >= 0.6 is 0 Å². The van der Waals surface area contributed by atoms with Crippen LogP contribution < -0.4 is 11.0 Å². The summed E-state index contributed by atoms with van der Waals surface area (Å²) in [5.74, 6) is -0.260. The van der Waals surface area contributed by atoms with E-state index in [1.807, 2.05) is 12.2 Å². The third kappa shape index (κ3) is 14.1. The Morgan fingerprint density at radius 2 is 1.60 bits per heavy atom. The first-order valence-electron chi connectivity index (χ1n) is 8.54. The van der Waals surface area contributed by atoms with E-state index in [0.29, 0.717) is 19.3 Å². The molecule has 1 aromatic rings. The largest absolute Gasteiger partial charge is 0.344 e. The summed E-state index contributed by atoms with van der Waals surface area (Å²) in [5.41, 5.74) is -0.303. The van der Waals surface area contributed by atoms with E-state index in [1.165, 1.54) is 24.7 Å². The van der Waals surface area contributed by atoms with Gasteiger partial charge in [-0.15, -0.1) is 0 Å². The lowest BCUT2D eigenvalue weighted by Gasteiger charge is -2.00. The van der Waals surface area contributed by atoms with Gasteiger partial charge < -0.3 is 4.98 Å². The van der Waals surface area contributed by atoms with Crippen molar-refractivity contribution in [2.75, 3.05) is 0 Å². The molecule has 4 rings (SSSR count). The molecule has 2 N–H and O–H groups in total. The van der Waals surface area contributed by atoms with Gasteiger partial charge in [0.15, 0.2) is 11.6 Å². The van der Waals surface area contributed by atoms with Crippen molar-refractivity contribution in [2.24, 2.45) is 4.99 Å². The summed E-state index contributed by atoms with van der Waals surface area (Å²) < 4.78 is 0. The highest BCUT2D eigenvalue weighted by molar-refractivity contribution is 6.28. The zero-order valence-corrected chi connectivity index (χ0v) is 15.5. The molecule has 0 saturated carbocycles. The first-order valence-corrected chi connectivity index (χ1v) is 8.54. The van der Waals surface area contributed by atoms with Crippen molar-refractivity contribution in [1.29, 1.82) is 0 Å². The molecule has 0 radical (unpaired) electrons. The molecule has 0 aromatic carbocycles.